The Hall–Kier alpha value is -4.38. The first-order valence-corrected chi connectivity index (χ1v) is 11.8. The molecule has 3 aromatic rings. The second kappa shape index (κ2) is 9.25. The van der Waals surface area contributed by atoms with E-state index in [-0.39, 0.29) is 30.7 Å². The van der Waals surface area contributed by atoms with Gasteiger partial charge in [0.15, 0.2) is 5.54 Å². The Morgan fingerprint density at radius 1 is 1.16 bits per heavy atom. The summed E-state index contributed by atoms with van der Waals surface area (Å²) in [6.07, 6.45) is 0. The number of carbonyl (C=O) groups excluding carboxylic acids is 4. The van der Waals surface area contributed by atoms with Crippen LogP contribution in [-0.2, 0) is 16.9 Å². The Bertz CT molecular complexity index is 1430. The zero-order valence-corrected chi connectivity index (χ0v) is 20.7. The first kappa shape index (κ1) is 24.3. The molecule has 1 fully saturated rings. The van der Waals surface area contributed by atoms with Gasteiger partial charge in [-0.15, -0.1) is 0 Å². The number of likely N-dealkylation sites (N-methyl/N-ethyl adjacent to an activating group) is 1. The lowest BCUT2D eigenvalue weighted by Gasteiger charge is -2.29. The summed E-state index contributed by atoms with van der Waals surface area (Å²) in [5.41, 5.74) is 0.421. The number of furan rings is 1. The number of carbonyl (C=O) groups is 4. The van der Waals surface area contributed by atoms with Gasteiger partial charge in [-0.1, -0.05) is 12.1 Å². The van der Waals surface area contributed by atoms with Crippen LogP contribution >= 0.6 is 0 Å². The maximum Gasteiger partial charge on any atom is 0.322 e. The van der Waals surface area contributed by atoms with Gasteiger partial charge in [-0.05, 0) is 50.0 Å². The Kier molecular flexibility index (Phi) is 6.08. The molecular formula is C26H27N5O6. The minimum atomic E-state index is -1.63. The summed E-state index contributed by atoms with van der Waals surface area (Å²) in [6.45, 7) is 1.31. The zero-order valence-electron chi connectivity index (χ0n) is 20.7. The van der Waals surface area contributed by atoms with Crippen LogP contribution < -0.4 is 20.7 Å². The quantitative estimate of drug-likeness (QED) is 0.395. The van der Waals surface area contributed by atoms with Gasteiger partial charge in [-0.3, -0.25) is 19.7 Å². The summed E-state index contributed by atoms with van der Waals surface area (Å²) in [5.74, 6) is -0.444. The van der Waals surface area contributed by atoms with Crippen LogP contribution in [-0.4, -0.2) is 74.4 Å². The number of benzene rings is 2. The van der Waals surface area contributed by atoms with Crippen molar-refractivity contribution in [3.05, 3.63) is 64.9 Å². The van der Waals surface area contributed by atoms with Crippen molar-refractivity contribution >= 4 is 34.7 Å². The van der Waals surface area contributed by atoms with E-state index in [1.54, 1.807) is 42.5 Å². The molecule has 0 saturated carbocycles. The van der Waals surface area contributed by atoms with E-state index in [9.17, 15) is 19.2 Å². The highest BCUT2D eigenvalue weighted by Crippen LogP contribution is 2.35. The fraction of sp³-hybridized carbons (Fsp3) is 0.308. The lowest BCUT2D eigenvalue weighted by molar-refractivity contribution is -0.125. The number of nitrogens with one attached hydrogen (secondary N) is 3. The number of rotatable bonds is 8. The van der Waals surface area contributed by atoms with E-state index < -0.39 is 17.5 Å². The molecule has 11 heteroatoms. The molecule has 1 atom stereocenters. The molecule has 3 heterocycles. The second-order valence-electron chi connectivity index (χ2n) is 9.42. The molecule has 2 aromatic carbocycles. The number of methoxy groups -OCH3 is 1. The van der Waals surface area contributed by atoms with Crippen LogP contribution in [0.5, 0.6) is 5.75 Å². The summed E-state index contributed by atoms with van der Waals surface area (Å²) in [6, 6.07) is 11.2. The lowest BCUT2D eigenvalue weighted by Crippen LogP contribution is -2.52. The summed E-state index contributed by atoms with van der Waals surface area (Å²) in [5, 5.41) is 8.43. The maximum atomic E-state index is 13.2. The van der Waals surface area contributed by atoms with Gasteiger partial charge in [0.2, 0.25) is 0 Å². The van der Waals surface area contributed by atoms with E-state index in [1.165, 1.54) is 12.0 Å². The largest absolute Gasteiger partial charge is 0.497 e. The number of urea groups is 1. The third kappa shape index (κ3) is 4.38. The molecule has 0 bridgehead atoms. The van der Waals surface area contributed by atoms with Crippen LogP contribution in [0.4, 0.5) is 4.79 Å². The smallest absolute Gasteiger partial charge is 0.322 e. The standard InChI is InChI=1S/C26H27N5O6/c1-30(2)9-8-27-22(32)16-5-4-15-11-21(37-20(15)10-16)26(24(34)28-25(35)29-26)14-31-13-17-6-7-18(36-3)12-19(17)23(31)33/h4-7,10-12H,8-9,13-14H2,1-3H3,(H,27,32)(H2,28,29,34,35)/t26-/m0/s1. The van der Waals surface area contributed by atoms with Crippen molar-refractivity contribution in [1.82, 2.24) is 25.8 Å². The number of fused-ring (bicyclic) bond motifs is 2. The summed E-state index contributed by atoms with van der Waals surface area (Å²) in [4.78, 5) is 54.6. The van der Waals surface area contributed by atoms with Crippen LogP contribution in [0.15, 0.2) is 46.9 Å². The predicted octanol–water partition coefficient (Wildman–Crippen LogP) is 1.42. The minimum Gasteiger partial charge on any atom is -0.497 e. The van der Waals surface area contributed by atoms with Crippen molar-refractivity contribution in [3.8, 4) is 5.75 Å². The third-order valence-corrected chi connectivity index (χ3v) is 6.61. The topological polar surface area (TPSA) is 133 Å². The Morgan fingerprint density at radius 3 is 2.68 bits per heavy atom. The Labute approximate surface area is 212 Å². The van der Waals surface area contributed by atoms with E-state index in [2.05, 4.69) is 16.0 Å². The van der Waals surface area contributed by atoms with E-state index in [0.29, 0.717) is 40.9 Å². The average Bonchev–Trinajstić information content (AvgIpc) is 3.52. The number of ether oxygens (including phenoxy) is 1. The normalized spacial score (nSPS) is 18.8. The van der Waals surface area contributed by atoms with Crippen LogP contribution in [0.1, 0.15) is 32.0 Å². The molecule has 5 amide bonds. The molecule has 1 saturated heterocycles. The summed E-state index contributed by atoms with van der Waals surface area (Å²) in [7, 11) is 5.36. The van der Waals surface area contributed by atoms with E-state index in [4.69, 9.17) is 9.15 Å². The van der Waals surface area contributed by atoms with Gasteiger partial charge in [0, 0.05) is 36.1 Å². The van der Waals surface area contributed by atoms with Gasteiger partial charge in [0.05, 0.1) is 13.7 Å². The Balaban J connectivity index is 1.44. The lowest BCUT2D eigenvalue weighted by atomic mass is 9.95. The molecule has 5 rings (SSSR count). The highest BCUT2D eigenvalue weighted by molar-refractivity contribution is 6.08. The zero-order chi connectivity index (χ0) is 26.3. The van der Waals surface area contributed by atoms with Crippen molar-refractivity contribution in [2.45, 2.75) is 12.1 Å². The van der Waals surface area contributed by atoms with E-state index in [1.807, 2.05) is 19.0 Å². The minimum absolute atomic E-state index is 0.141. The molecule has 2 aliphatic heterocycles. The van der Waals surface area contributed by atoms with Crippen molar-refractivity contribution in [2.75, 3.05) is 40.8 Å². The van der Waals surface area contributed by atoms with Gasteiger partial charge in [-0.2, -0.15) is 0 Å². The molecule has 11 nitrogen and oxygen atoms in total. The van der Waals surface area contributed by atoms with Gasteiger partial charge < -0.3 is 29.6 Å². The highest BCUT2D eigenvalue weighted by atomic mass is 16.5. The molecule has 0 radical (unpaired) electrons. The first-order valence-electron chi connectivity index (χ1n) is 11.8. The molecule has 3 N–H and O–H groups in total. The van der Waals surface area contributed by atoms with Gasteiger partial charge >= 0.3 is 6.03 Å². The monoisotopic (exact) mass is 505 g/mol. The van der Waals surface area contributed by atoms with E-state index in [0.717, 1.165) is 5.56 Å². The van der Waals surface area contributed by atoms with Crippen molar-refractivity contribution < 1.29 is 28.3 Å². The molecule has 2 aliphatic rings. The number of nitrogens with zero attached hydrogens (tertiary/aromatic N) is 2. The summed E-state index contributed by atoms with van der Waals surface area (Å²) < 4.78 is 11.3. The molecule has 0 unspecified atom stereocenters. The summed E-state index contributed by atoms with van der Waals surface area (Å²) >= 11 is 0. The first-order chi connectivity index (χ1) is 17.7. The predicted molar refractivity (Wildman–Crippen MR) is 133 cm³/mol. The molecule has 192 valence electrons. The molecular weight excluding hydrogens is 478 g/mol. The van der Waals surface area contributed by atoms with Crippen LogP contribution in [0, 0.1) is 0 Å². The van der Waals surface area contributed by atoms with Crippen LogP contribution in [0.2, 0.25) is 0 Å². The highest BCUT2D eigenvalue weighted by Gasteiger charge is 2.53. The van der Waals surface area contributed by atoms with Crippen molar-refractivity contribution in [3.63, 3.8) is 0 Å². The number of amides is 5. The Morgan fingerprint density at radius 2 is 1.97 bits per heavy atom. The van der Waals surface area contributed by atoms with Crippen molar-refractivity contribution in [1.29, 1.82) is 0 Å². The number of hydrogen-bond acceptors (Lipinski definition) is 7. The molecule has 0 spiro atoms. The molecule has 37 heavy (non-hydrogen) atoms. The molecule has 1 aromatic heterocycles. The van der Waals surface area contributed by atoms with Gasteiger partial charge in [0.25, 0.3) is 17.7 Å². The third-order valence-electron chi connectivity index (χ3n) is 6.61. The fourth-order valence-electron chi connectivity index (χ4n) is 4.61. The van der Waals surface area contributed by atoms with Crippen LogP contribution in [0.25, 0.3) is 11.0 Å². The molecule has 0 aliphatic carbocycles. The SMILES string of the molecule is COc1ccc2c(c1)C(=O)N(C[C@@]1(c3cc4ccc(C(=O)NCCN(C)C)cc4o3)NC(=O)NC1=O)C2. The van der Waals surface area contributed by atoms with Crippen molar-refractivity contribution in [2.24, 2.45) is 0 Å². The van der Waals surface area contributed by atoms with Crippen LogP contribution in [0.3, 0.4) is 0 Å². The van der Waals surface area contributed by atoms with Gasteiger partial charge in [-0.25, -0.2) is 4.79 Å². The average molecular weight is 506 g/mol. The maximum absolute atomic E-state index is 13.2. The number of imide groups is 1. The second-order valence-corrected chi connectivity index (χ2v) is 9.42. The number of hydrogen-bond donors (Lipinski definition) is 3. The fourth-order valence-corrected chi connectivity index (χ4v) is 4.61. The van der Waals surface area contributed by atoms with E-state index >= 15 is 0 Å². The van der Waals surface area contributed by atoms with Gasteiger partial charge in [0.1, 0.15) is 17.1 Å².